The number of nitrogens with one attached hydrogen (secondary N) is 4. The van der Waals surface area contributed by atoms with Gasteiger partial charge in [-0.3, -0.25) is 20.0 Å². The van der Waals surface area contributed by atoms with E-state index in [4.69, 9.17) is 32.9 Å². The highest BCUT2D eigenvalue weighted by Crippen LogP contribution is 2.49. The first-order valence-electron chi connectivity index (χ1n) is 14.6. The Morgan fingerprint density at radius 2 is 1.81 bits per heavy atom. The Labute approximate surface area is 262 Å². The van der Waals surface area contributed by atoms with Crippen molar-refractivity contribution in [3.63, 3.8) is 0 Å². The molecular formula is C31H39Cl2N7O3. The van der Waals surface area contributed by atoms with Crippen LogP contribution in [0.25, 0.3) is 0 Å². The number of amides is 2. The predicted molar refractivity (Wildman–Crippen MR) is 169 cm³/mol. The second kappa shape index (κ2) is 12.8. The van der Waals surface area contributed by atoms with Gasteiger partial charge in [-0.15, -0.1) is 10.6 Å². The van der Waals surface area contributed by atoms with Crippen LogP contribution in [0.5, 0.6) is 0 Å². The molecule has 3 aliphatic rings. The molecule has 10 nitrogen and oxygen atoms in total. The number of aliphatic imine (C=N–C) groups is 1. The number of hydrogen-bond donors (Lipinski definition) is 4. The monoisotopic (exact) mass is 627 g/mol. The van der Waals surface area contributed by atoms with Gasteiger partial charge >= 0.3 is 0 Å². The van der Waals surface area contributed by atoms with E-state index in [-0.39, 0.29) is 29.8 Å². The van der Waals surface area contributed by atoms with Crippen molar-refractivity contribution >= 4 is 46.6 Å². The fourth-order valence-corrected chi connectivity index (χ4v) is 6.85. The highest BCUT2D eigenvalue weighted by Gasteiger charge is 2.52. The van der Waals surface area contributed by atoms with Crippen LogP contribution in [0.1, 0.15) is 80.4 Å². The molecule has 43 heavy (non-hydrogen) atoms. The summed E-state index contributed by atoms with van der Waals surface area (Å²) < 4.78 is 5.51. The lowest BCUT2D eigenvalue weighted by atomic mass is 9.69. The van der Waals surface area contributed by atoms with Crippen LogP contribution in [0.3, 0.4) is 0 Å². The molecule has 4 N–H and O–H groups in total. The van der Waals surface area contributed by atoms with Crippen LogP contribution in [0, 0.1) is 11.3 Å². The van der Waals surface area contributed by atoms with Gasteiger partial charge in [0, 0.05) is 34.9 Å². The van der Waals surface area contributed by atoms with Gasteiger partial charge in [0.25, 0.3) is 11.8 Å². The molecule has 0 saturated heterocycles. The first-order valence-corrected chi connectivity index (χ1v) is 15.4. The number of methoxy groups -OCH3 is 1. The van der Waals surface area contributed by atoms with E-state index in [1.54, 1.807) is 37.4 Å². The number of benzene rings is 2. The predicted octanol–water partition coefficient (Wildman–Crippen LogP) is 4.99. The van der Waals surface area contributed by atoms with E-state index in [2.05, 4.69) is 47.7 Å². The van der Waals surface area contributed by atoms with Gasteiger partial charge in [0.1, 0.15) is 11.4 Å². The van der Waals surface area contributed by atoms with Crippen molar-refractivity contribution in [2.24, 2.45) is 21.4 Å². The lowest BCUT2D eigenvalue weighted by Crippen LogP contribution is -2.51. The molecule has 2 aliphatic heterocycles. The van der Waals surface area contributed by atoms with Gasteiger partial charge in [-0.1, -0.05) is 56.1 Å². The van der Waals surface area contributed by atoms with Crippen LogP contribution < -0.4 is 21.8 Å². The quantitative estimate of drug-likeness (QED) is 0.311. The van der Waals surface area contributed by atoms with Crippen molar-refractivity contribution in [3.8, 4) is 0 Å². The Morgan fingerprint density at radius 1 is 1.14 bits per heavy atom. The summed E-state index contributed by atoms with van der Waals surface area (Å²) in [6.45, 7) is 7.53. The lowest BCUT2D eigenvalue weighted by Gasteiger charge is -2.47. The Hall–Kier alpha value is -3.18. The topological polar surface area (TPSA) is 119 Å². The summed E-state index contributed by atoms with van der Waals surface area (Å²) in [5, 5.41) is 7.72. The molecule has 2 amide bonds. The number of rotatable bonds is 9. The molecule has 12 heteroatoms. The molecule has 2 heterocycles. The second-order valence-corrected chi connectivity index (χ2v) is 13.3. The normalized spacial score (nSPS) is 22.6. The second-order valence-electron chi connectivity index (χ2n) is 12.4. The van der Waals surface area contributed by atoms with Crippen molar-refractivity contribution in [2.75, 3.05) is 20.3 Å². The van der Waals surface area contributed by atoms with Crippen LogP contribution in [0.4, 0.5) is 0 Å². The standard InChI is InChI=1S/C31H39Cl2N7O3/c1-30(2,3)22-9-12-31(13-10-22)35-27(21-15-23(32)17-24(33)16-21)29(42)40(31)25(11-14-43-4)19-5-7-20(8-6-19)28(41)34-18-26-36-38-39-37-26/h5-8,15-17,22,25,38-39H,9-14,18H2,1-4H3,(H,34,41)(H,36,37). The van der Waals surface area contributed by atoms with E-state index in [9.17, 15) is 9.59 Å². The van der Waals surface area contributed by atoms with E-state index in [1.807, 2.05) is 17.0 Å². The molecule has 1 saturated carbocycles. The van der Waals surface area contributed by atoms with Crippen molar-refractivity contribution < 1.29 is 14.3 Å². The Morgan fingerprint density at radius 3 is 2.40 bits per heavy atom. The number of nitrogens with zero attached hydrogens (tertiary/aromatic N) is 3. The summed E-state index contributed by atoms with van der Waals surface area (Å²) in [7, 11) is 1.66. The van der Waals surface area contributed by atoms with E-state index in [0.29, 0.717) is 51.7 Å². The Bertz CT molecular complexity index is 1390. The fraction of sp³-hybridized carbons (Fsp3) is 0.484. The maximum absolute atomic E-state index is 14.4. The minimum Gasteiger partial charge on any atom is -0.385 e. The van der Waals surface area contributed by atoms with Crippen LogP contribution in [0.2, 0.25) is 10.0 Å². The first kappa shape index (κ1) is 31.3. The van der Waals surface area contributed by atoms with Gasteiger partial charge in [0.05, 0.1) is 12.6 Å². The average Bonchev–Trinajstić information content (AvgIpc) is 3.58. The zero-order valence-electron chi connectivity index (χ0n) is 25.0. The Balaban J connectivity index is 1.47. The van der Waals surface area contributed by atoms with E-state index < -0.39 is 5.66 Å². The van der Waals surface area contributed by atoms with Gasteiger partial charge in [0.15, 0.2) is 5.84 Å². The maximum atomic E-state index is 14.4. The van der Waals surface area contributed by atoms with E-state index in [1.165, 1.54) is 0 Å². The molecule has 230 valence electrons. The zero-order valence-corrected chi connectivity index (χ0v) is 26.5. The minimum absolute atomic E-state index is 0.150. The number of carbonyl (C=O) groups excluding carboxylic acids is 2. The molecular weight excluding hydrogens is 589 g/mol. The average molecular weight is 629 g/mol. The SMILES string of the molecule is COCCC(c1ccc(C(=O)NCC2=NNNN2)cc1)N1C(=O)C(c2cc(Cl)cc(Cl)c2)=NC12CCC(C(C)(C)C)CC2. The van der Waals surface area contributed by atoms with Gasteiger partial charge < -0.3 is 15.0 Å². The largest absolute Gasteiger partial charge is 0.385 e. The number of carbonyl (C=O) groups is 2. The van der Waals surface area contributed by atoms with Crippen molar-refractivity contribution in [3.05, 3.63) is 69.2 Å². The van der Waals surface area contributed by atoms with Crippen LogP contribution in [-0.2, 0) is 9.53 Å². The summed E-state index contributed by atoms with van der Waals surface area (Å²) >= 11 is 12.7. The molecule has 0 aromatic heterocycles. The summed E-state index contributed by atoms with van der Waals surface area (Å²) in [4.78, 5) is 34.4. The number of halogens is 2. The molecule has 2 aromatic carbocycles. The van der Waals surface area contributed by atoms with E-state index in [0.717, 1.165) is 31.2 Å². The summed E-state index contributed by atoms with van der Waals surface area (Å²) in [6.07, 6.45) is 4.00. The van der Waals surface area contributed by atoms with Crippen molar-refractivity contribution in [1.29, 1.82) is 0 Å². The number of ether oxygens (including phenoxy) is 1. The van der Waals surface area contributed by atoms with Crippen molar-refractivity contribution in [1.82, 2.24) is 26.7 Å². The zero-order chi connectivity index (χ0) is 30.8. The minimum atomic E-state index is -0.700. The summed E-state index contributed by atoms with van der Waals surface area (Å²) in [5.41, 5.74) is 9.89. The lowest BCUT2D eigenvalue weighted by molar-refractivity contribution is -0.134. The van der Waals surface area contributed by atoms with Crippen molar-refractivity contribution in [2.45, 2.75) is 64.6 Å². The highest BCUT2D eigenvalue weighted by molar-refractivity contribution is 6.47. The third-order valence-electron chi connectivity index (χ3n) is 8.67. The van der Waals surface area contributed by atoms with Gasteiger partial charge in [-0.2, -0.15) is 0 Å². The molecule has 1 unspecified atom stereocenters. The smallest absolute Gasteiger partial charge is 0.275 e. The third kappa shape index (κ3) is 6.82. The molecule has 1 spiro atoms. The van der Waals surface area contributed by atoms with Crippen LogP contribution >= 0.6 is 23.2 Å². The van der Waals surface area contributed by atoms with Crippen LogP contribution in [-0.4, -0.2) is 54.2 Å². The molecule has 5 rings (SSSR count). The number of hydrazone groups is 1. The highest BCUT2D eigenvalue weighted by atomic mass is 35.5. The van der Waals surface area contributed by atoms with E-state index >= 15 is 0 Å². The number of amidine groups is 1. The van der Waals surface area contributed by atoms with Gasteiger partial charge in [-0.25, -0.2) is 5.53 Å². The van der Waals surface area contributed by atoms with Gasteiger partial charge in [-0.05, 0) is 79.3 Å². The molecule has 0 radical (unpaired) electrons. The molecule has 0 bridgehead atoms. The third-order valence-corrected chi connectivity index (χ3v) is 9.11. The summed E-state index contributed by atoms with van der Waals surface area (Å²) in [5.74, 6) is 0.721. The molecule has 1 atom stereocenters. The van der Waals surface area contributed by atoms with Gasteiger partial charge in [0.2, 0.25) is 0 Å². The molecule has 1 fully saturated rings. The maximum Gasteiger partial charge on any atom is 0.275 e. The molecule has 2 aromatic rings. The number of hydrogen-bond acceptors (Lipinski definition) is 8. The van der Waals surface area contributed by atoms with Crippen LogP contribution in [0.15, 0.2) is 52.6 Å². The fourth-order valence-electron chi connectivity index (χ4n) is 6.33. The molecule has 1 aliphatic carbocycles. The Kier molecular flexibility index (Phi) is 9.31. The summed E-state index contributed by atoms with van der Waals surface area (Å²) in [6, 6.07) is 12.2. The number of hydrazine groups is 2. The first-order chi connectivity index (χ1) is 20.5.